The van der Waals surface area contributed by atoms with Gasteiger partial charge in [-0.25, -0.2) is 9.97 Å². The first-order chi connectivity index (χ1) is 10.2. The van der Waals surface area contributed by atoms with E-state index in [1.54, 1.807) is 12.4 Å². The van der Waals surface area contributed by atoms with Gasteiger partial charge in [0.2, 0.25) is 0 Å². The first-order valence-electron chi connectivity index (χ1n) is 8.70. The van der Waals surface area contributed by atoms with Crippen molar-refractivity contribution in [3.8, 4) is 0 Å². The van der Waals surface area contributed by atoms with Crippen LogP contribution in [-0.2, 0) is 0 Å². The third-order valence-corrected chi connectivity index (χ3v) is 3.93. The largest absolute Gasteiger partial charge is 0.385 e. The van der Waals surface area contributed by atoms with E-state index in [2.05, 4.69) is 16.9 Å². The van der Waals surface area contributed by atoms with Gasteiger partial charge in [-0.3, -0.25) is 0 Å². The zero-order chi connectivity index (χ0) is 15.3. The molecule has 0 aliphatic heterocycles. The van der Waals surface area contributed by atoms with Crippen LogP contribution in [0.5, 0.6) is 0 Å². The SMILES string of the molecule is CCCCCCCCCCCCC(O)c1ncc(C)cn1. The average molecular weight is 292 g/mol. The van der Waals surface area contributed by atoms with Gasteiger partial charge >= 0.3 is 0 Å². The molecule has 0 radical (unpaired) electrons. The van der Waals surface area contributed by atoms with Crippen LogP contribution in [0.15, 0.2) is 12.4 Å². The molecule has 0 bridgehead atoms. The summed E-state index contributed by atoms with van der Waals surface area (Å²) in [5.41, 5.74) is 1.03. The van der Waals surface area contributed by atoms with Gasteiger partial charge in [0, 0.05) is 12.4 Å². The minimum atomic E-state index is -0.500. The van der Waals surface area contributed by atoms with E-state index in [9.17, 15) is 5.11 Å². The summed E-state index contributed by atoms with van der Waals surface area (Å²) in [6.07, 6.45) is 17.0. The number of aliphatic hydroxyl groups is 1. The van der Waals surface area contributed by atoms with E-state index in [0.717, 1.165) is 18.4 Å². The smallest absolute Gasteiger partial charge is 0.156 e. The van der Waals surface area contributed by atoms with Gasteiger partial charge in [-0.15, -0.1) is 0 Å². The molecule has 3 heteroatoms. The molecule has 1 N–H and O–H groups in total. The van der Waals surface area contributed by atoms with E-state index >= 15 is 0 Å². The zero-order valence-electron chi connectivity index (χ0n) is 13.9. The molecule has 21 heavy (non-hydrogen) atoms. The number of nitrogens with zero attached hydrogens (tertiary/aromatic N) is 2. The molecular weight excluding hydrogens is 260 g/mol. The summed E-state index contributed by atoms with van der Waals surface area (Å²) in [7, 11) is 0. The highest BCUT2D eigenvalue weighted by Crippen LogP contribution is 2.17. The van der Waals surface area contributed by atoms with Crippen LogP contribution in [0, 0.1) is 6.92 Å². The highest BCUT2D eigenvalue weighted by Gasteiger charge is 2.09. The predicted octanol–water partition coefficient (Wildman–Crippen LogP) is 5.13. The minimum absolute atomic E-state index is 0.500. The van der Waals surface area contributed by atoms with E-state index in [1.807, 2.05) is 6.92 Å². The van der Waals surface area contributed by atoms with Crippen LogP contribution >= 0.6 is 0 Å². The Bertz CT molecular complexity index is 351. The Morgan fingerprint density at radius 1 is 0.857 bits per heavy atom. The molecule has 1 unspecified atom stereocenters. The Hall–Kier alpha value is -0.960. The number of hydrogen-bond donors (Lipinski definition) is 1. The molecule has 0 aliphatic rings. The van der Waals surface area contributed by atoms with Crippen molar-refractivity contribution in [2.24, 2.45) is 0 Å². The molecule has 0 fully saturated rings. The van der Waals surface area contributed by atoms with E-state index in [0.29, 0.717) is 5.82 Å². The van der Waals surface area contributed by atoms with Crippen molar-refractivity contribution < 1.29 is 5.11 Å². The van der Waals surface area contributed by atoms with Gasteiger partial charge in [0.25, 0.3) is 0 Å². The van der Waals surface area contributed by atoms with Crippen molar-refractivity contribution >= 4 is 0 Å². The lowest BCUT2D eigenvalue weighted by molar-refractivity contribution is 0.153. The maximum absolute atomic E-state index is 10.0. The fourth-order valence-corrected chi connectivity index (χ4v) is 2.53. The fourth-order valence-electron chi connectivity index (χ4n) is 2.53. The number of aromatic nitrogens is 2. The van der Waals surface area contributed by atoms with Gasteiger partial charge in [0.1, 0.15) is 6.10 Å². The highest BCUT2D eigenvalue weighted by molar-refractivity contribution is 5.03. The molecular formula is C18H32N2O. The topological polar surface area (TPSA) is 46.0 Å². The second-order valence-corrected chi connectivity index (χ2v) is 6.11. The molecule has 120 valence electrons. The van der Waals surface area contributed by atoms with Crippen LogP contribution < -0.4 is 0 Å². The first kappa shape index (κ1) is 18.1. The van der Waals surface area contributed by atoms with Crippen molar-refractivity contribution in [3.05, 3.63) is 23.8 Å². The van der Waals surface area contributed by atoms with Crippen LogP contribution in [0.25, 0.3) is 0 Å². The molecule has 1 aromatic heterocycles. The molecule has 1 aromatic rings. The number of rotatable bonds is 12. The van der Waals surface area contributed by atoms with Crippen LogP contribution in [0.4, 0.5) is 0 Å². The number of aryl methyl sites for hydroxylation is 1. The van der Waals surface area contributed by atoms with Gasteiger partial charge in [-0.05, 0) is 18.9 Å². The molecule has 1 heterocycles. The molecule has 0 spiro atoms. The average Bonchev–Trinajstić information content (AvgIpc) is 2.49. The summed E-state index contributed by atoms with van der Waals surface area (Å²) in [6, 6.07) is 0. The molecule has 0 aliphatic carbocycles. The minimum Gasteiger partial charge on any atom is -0.385 e. The maximum Gasteiger partial charge on any atom is 0.156 e. The van der Waals surface area contributed by atoms with Crippen molar-refractivity contribution in [1.82, 2.24) is 9.97 Å². The second kappa shape index (κ2) is 11.7. The lowest BCUT2D eigenvalue weighted by Gasteiger charge is -2.09. The van der Waals surface area contributed by atoms with E-state index in [1.165, 1.54) is 57.8 Å². The summed E-state index contributed by atoms with van der Waals surface area (Å²) in [4.78, 5) is 8.36. The molecule has 0 aromatic carbocycles. The number of hydrogen-bond acceptors (Lipinski definition) is 3. The van der Waals surface area contributed by atoms with E-state index in [4.69, 9.17) is 0 Å². The number of unbranched alkanes of at least 4 members (excludes halogenated alkanes) is 9. The summed E-state index contributed by atoms with van der Waals surface area (Å²) in [6.45, 7) is 4.22. The maximum atomic E-state index is 10.0. The van der Waals surface area contributed by atoms with Crippen molar-refractivity contribution in [2.45, 2.75) is 90.6 Å². The molecule has 1 rings (SSSR count). The Balaban J connectivity index is 1.95. The van der Waals surface area contributed by atoms with Gasteiger partial charge < -0.3 is 5.11 Å². The van der Waals surface area contributed by atoms with E-state index in [-0.39, 0.29) is 0 Å². The quantitative estimate of drug-likeness (QED) is 0.543. The standard InChI is InChI=1S/C18H32N2O/c1-3-4-5-6-7-8-9-10-11-12-13-17(21)18-19-14-16(2)15-20-18/h14-15,17,21H,3-13H2,1-2H3. The van der Waals surface area contributed by atoms with Gasteiger partial charge in [-0.1, -0.05) is 71.1 Å². The summed E-state index contributed by atoms with van der Waals surface area (Å²) in [5, 5.41) is 10.0. The lowest BCUT2D eigenvalue weighted by Crippen LogP contribution is -2.03. The highest BCUT2D eigenvalue weighted by atomic mass is 16.3. The van der Waals surface area contributed by atoms with Crippen LogP contribution in [-0.4, -0.2) is 15.1 Å². The van der Waals surface area contributed by atoms with Crippen LogP contribution in [0.3, 0.4) is 0 Å². The van der Waals surface area contributed by atoms with E-state index < -0.39 is 6.10 Å². The van der Waals surface area contributed by atoms with Crippen LogP contribution in [0.1, 0.15) is 95.0 Å². The third-order valence-electron chi connectivity index (χ3n) is 3.93. The Kier molecular flexibility index (Phi) is 10.1. The van der Waals surface area contributed by atoms with Gasteiger partial charge in [-0.2, -0.15) is 0 Å². The molecule has 0 saturated heterocycles. The molecule has 0 amide bonds. The Morgan fingerprint density at radius 3 is 1.86 bits per heavy atom. The summed E-state index contributed by atoms with van der Waals surface area (Å²) in [5.74, 6) is 0.566. The lowest BCUT2D eigenvalue weighted by atomic mass is 10.0. The summed E-state index contributed by atoms with van der Waals surface area (Å²) >= 11 is 0. The Morgan fingerprint density at radius 2 is 1.33 bits per heavy atom. The molecule has 3 nitrogen and oxygen atoms in total. The zero-order valence-corrected chi connectivity index (χ0v) is 13.9. The predicted molar refractivity (Wildman–Crippen MR) is 88.2 cm³/mol. The van der Waals surface area contributed by atoms with Gasteiger partial charge in [0.15, 0.2) is 5.82 Å². The van der Waals surface area contributed by atoms with Crippen molar-refractivity contribution in [2.75, 3.05) is 0 Å². The number of aliphatic hydroxyl groups excluding tert-OH is 1. The fraction of sp³-hybridized carbons (Fsp3) is 0.778. The third kappa shape index (κ3) is 8.82. The Labute approximate surface area is 130 Å². The van der Waals surface area contributed by atoms with Gasteiger partial charge in [0.05, 0.1) is 0 Å². The first-order valence-corrected chi connectivity index (χ1v) is 8.70. The molecule has 0 saturated carbocycles. The van der Waals surface area contributed by atoms with Crippen LogP contribution in [0.2, 0.25) is 0 Å². The normalized spacial score (nSPS) is 12.5. The second-order valence-electron chi connectivity index (χ2n) is 6.11. The summed E-state index contributed by atoms with van der Waals surface area (Å²) < 4.78 is 0. The van der Waals surface area contributed by atoms with Crippen molar-refractivity contribution in [1.29, 1.82) is 0 Å². The molecule has 1 atom stereocenters. The van der Waals surface area contributed by atoms with Crippen molar-refractivity contribution in [3.63, 3.8) is 0 Å². The monoisotopic (exact) mass is 292 g/mol.